The van der Waals surface area contributed by atoms with Crippen molar-refractivity contribution >= 4 is 23.7 Å². The molecule has 0 N–H and O–H groups in total. The number of carbonyl (C=O) groups excluding carboxylic acids is 2. The summed E-state index contributed by atoms with van der Waals surface area (Å²) in [4.78, 5) is 25.5. The number of amides is 1. The van der Waals surface area contributed by atoms with Gasteiger partial charge in [-0.3, -0.25) is 4.90 Å². The molecule has 5 nitrogen and oxygen atoms in total. The number of nitrogens with zero attached hydrogens (tertiary/aromatic N) is 1. The number of fused-ring (bicyclic) bond motifs is 1. The Morgan fingerprint density at radius 2 is 2.11 bits per heavy atom. The minimum absolute atomic E-state index is 0.185. The molecule has 18 heavy (non-hydrogen) atoms. The molecule has 0 radical (unpaired) electrons. The predicted molar refractivity (Wildman–Crippen MR) is 65.2 cm³/mol. The summed E-state index contributed by atoms with van der Waals surface area (Å²) in [7, 11) is 0. The van der Waals surface area contributed by atoms with Crippen LogP contribution in [0.2, 0.25) is 0 Å². The molecule has 6 heteroatoms. The first-order valence-corrected chi connectivity index (χ1v) is 6.58. The zero-order valence-electron chi connectivity index (χ0n) is 10.9. The third kappa shape index (κ3) is 2.16. The number of alkyl halides is 1. The highest BCUT2D eigenvalue weighted by Gasteiger charge is 2.70. The Hall–Kier alpha value is -0.970. The average molecular weight is 276 g/mol. The monoisotopic (exact) mass is 275 g/mol. The molecular weight excluding hydrogens is 258 g/mol. The van der Waals surface area contributed by atoms with Crippen molar-refractivity contribution in [2.45, 2.75) is 44.8 Å². The van der Waals surface area contributed by atoms with Gasteiger partial charge in [0.05, 0.1) is 0 Å². The van der Waals surface area contributed by atoms with Crippen molar-refractivity contribution < 1.29 is 19.1 Å². The molecule has 0 aromatic heterocycles. The van der Waals surface area contributed by atoms with Gasteiger partial charge in [0, 0.05) is 6.54 Å². The van der Waals surface area contributed by atoms with Crippen molar-refractivity contribution in [2.75, 3.05) is 12.6 Å². The molecule has 0 bridgehead atoms. The topological polar surface area (TPSA) is 55.8 Å². The van der Waals surface area contributed by atoms with E-state index in [0.717, 1.165) is 6.42 Å². The number of ether oxygens (including phenoxy) is 2. The van der Waals surface area contributed by atoms with Gasteiger partial charge in [0.1, 0.15) is 11.1 Å². The van der Waals surface area contributed by atoms with Crippen LogP contribution in [0.5, 0.6) is 0 Å². The van der Waals surface area contributed by atoms with Crippen LogP contribution in [-0.4, -0.2) is 40.7 Å². The highest BCUT2D eigenvalue weighted by molar-refractivity contribution is 6.17. The van der Waals surface area contributed by atoms with Crippen molar-refractivity contribution in [3.63, 3.8) is 0 Å². The SMILES string of the molecule is CC(C)(C)OC(=O)N1CC[C@@H]2C[C@@]21C(=O)OCCl. The van der Waals surface area contributed by atoms with Crippen molar-refractivity contribution in [1.82, 2.24) is 4.90 Å². The molecule has 2 rings (SSSR count). The molecule has 2 fully saturated rings. The number of rotatable bonds is 2. The predicted octanol–water partition coefficient (Wildman–Crippen LogP) is 2.13. The quantitative estimate of drug-likeness (QED) is 0.572. The van der Waals surface area contributed by atoms with Crippen molar-refractivity contribution in [3.05, 3.63) is 0 Å². The summed E-state index contributed by atoms with van der Waals surface area (Å²) in [5, 5.41) is 0. The second kappa shape index (κ2) is 4.30. The summed E-state index contributed by atoms with van der Waals surface area (Å²) >= 11 is 5.41. The molecule has 102 valence electrons. The van der Waals surface area contributed by atoms with Gasteiger partial charge >= 0.3 is 12.1 Å². The lowest BCUT2D eigenvalue weighted by atomic mass is 10.2. The molecule has 1 saturated heterocycles. The van der Waals surface area contributed by atoms with Crippen LogP contribution in [0.3, 0.4) is 0 Å². The van der Waals surface area contributed by atoms with Gasteiger partial charge in [-0.2, -0.15) is 0 Å². The zero-order valence-corrected chi connectivity index (χ0v) is 11.6. The number of esters is 1. The van der Waals surface area contributed by atoms with E-state index in [-0.39, 0.29) is 12.0 Å². The molecule has 1 aliphatic heterocycles. The number of likely N-dealkylation sites (tertiary alicyclic amines) is 1. The Labute approximate surface area is 111 Å². The van der Waals surface area contributed by atoms with Gasteiger partial charge in [0.2, 0.25) is 0 Å². The Balaban J connectivity index is 2.09. The zero-order chi connectivity index (χ0) is 13.6. The minimum Gasteiger partial charge on any atom is -0.448 e. The molecular formula is C12H18ClNO4. The van der Waals surface area contributed by atoms with E-state index in [2.05, 4.69) is 0 Å². The molecule has 1 aliphatic carbocycles. The van der Waals surface area contributed by atoms with Crippen molar-refractivity contribution in [2.24, 2.45) is 5.92 Å². The summed E-state index contributed by atoms with van der Waals surface area (Å²) in [6, 6.07) is -0.185. The van der Waals surface area contributed by atoms with E-state index >= 15 is 0 Å². The smallest absolute Gasteiger partial charge is 0.411 e. The Morgan fingerprint density at radius 1 is 1.44 bits per heavy atom. The second-order valence-corrected chi connectivity index (χ2v) is 6.01. The number of hydrogen-bond donors (Lipinski definition) is 0. The number of carbonyl (C=O) groups is 2. The maximum atomic E-state index is 12.1. The first-order chi connectivity index (χ1) is 8.31. The molecule has 0 spiro atoms. The van der Waals surface area contributed by atoms with E-state index in [1.165, 1.54) is 4.90 Å². The molecule has 2 atom stereocenters. The second-order valence-electron chi connectivity index (χ2n) is 5.79. The fourth-order valence-electron chi connectivity index (χ4n) is 2.58. The first kappa shape index (κ1) is 13.5. The first-order valence-electron chi connectivity index (χ1n) is 6.05. The average Bonchev–Trinajstić information content (AvgIpc) is 2.83. The van der Waals surface area contributed by atoms with E-state index in [1.54, 1.807) is 20.8 Å². The van der Waals surface area contributed by atoms with Gasteiger partial charge in [-0.1, -0.05) is 11.6 Å². The molecule has 2 aliphatic rings. The van der Waals surface area contributed by atoms with Crippen LogP contribution in [0.4, 0.5) is 4.79 Å². The van der Waals surface area contributed by atoms with Gasteiger partial charge in [-0.25, -0.2) is 9.59 Å². The highest BCUT2D eigenvalue weighted by Crippen LogP contribution is 2.56. The van der Waals surface area contributed by atoms with Crippen LogP contribution < -0.4 is 0 Å². The molecule has 1 saturated carbocycles. The lowest BCUT2D eigenvalue weighted by Crippen LogP contribution is -2.48. The van der Waals surface area contributed by atoms with Gasteiger partial charge in [-0.05, 0) is 39.5 Å². The molecule has 0 unspecified atom stereocenters. The summed E-state index contributed by atoms with van der Waals surface area (Å²) in [6.07, 6.45) is 1.02. The Kier molecular flexibility index (Phi) is 3.21. The van der Waals surface area contributed by atoms with Crippen LogP contribution in [0, 0.1) is 5.92 Å². The van der Waals surface area contributed by atoms with E-state index in [4.69, 9.17) is 21.1 Å². The standard InChI is InChI=1S/C12H18ClNO4/c1-11(2,3)18-10(16)14-5-4-8-6-12(8,14)9(15)17-7-13/h8H,4-7H2,1-3H3/t8-,12+/m1/s1. The largest absolute Gasteiger partial charge is 0.448 e. The van der Waals surface area contributed by atoms with Crippen LogP contribution >= 0.6 is 11.6 Å². The molecule has 1 heterocycles. The number of piperidine rings is 1. The third-order valence-electron chi connectivity index (χ3n) is 3.41. The maximum absolute atomic E-state index is 12.1. The van der Waals surface area contributed by atoms with Gasteiger partial charge in [0.15, 0.2) is 6.07 Å². The van der Waals surface area contributed by atoms with E-state index < -0.39 is 23.2 Å². The van der Waals surface area contributed by atoms with Gasteiger partial charge < -0.3 is 9.47 Å². The summed E-state index contributed by atoms with van der Waals surface area (Å²) < 4.78 is 10.2. The van der Waals surface area contributed by atoms with E-state index in [9.17, 15) is 9.59 Å². The maximum Gasteiger partial charge on any atom is 0.411 e. The summed E-state index contributed by atoms with van der Waals surface area (Å²) in [5.41, 5.74) is -1.38. The molecule has 0 aromatic carbocycles. The van der Waals surface area contributed by atoms with Crippen molar-refractivity contribution in [1.29, 1.82) is 0 Å². The fourth-order valence-corrected chi connectivity index (χ4v) is 2.68. The Morgan fingerprint density at radius 3 is 2.61 bits per heavy atom. The van der Waals surface area contributed by atoms with Gasteiger partial charge in [-0.15, -0.1) is 0 Å². The van der Waals surface area contributed by atoms with Crippen LogP contribution in [0.1, 0.15) is 33.6 Å². The third-order valence-corrected chi connectivity index (χ3v) is 3.52. The number of halogens is 1. The molecule has 1 amide bonds. The van der Waals surface area contributed by atoms with E-state index in [0.29, 0.717) is 13.0 Å². The van der Waals surface area contributed by atoms with Crippen LogP contribution in [0.15, 0.2) is 0 Å². The van der Waals surface area contributed by atoms with Gasteiger partial charge in [0.25, 0.3) is 0 Å². The lowest BCUT2D eigenvalue weighted by Gasteiger charge is -2.29. The fraction of sp³-hybridized carbons (Fsp3) is 0.833. The van der Waals surface area contributed by atoms with E-state index in [1.807, 2.05) is 0 Å². The summed E-state index contributed by atoms with van der Waals surface area (Å²) in [5.74, 6) is -0.216. The normalized spacial score (nSPS) is 29.8. The number of hydrogen-bond acceptors (Lipinski definition) is 4. The van der Waals surface area contributed by atoms with Crippen molar-refractivity contribution in [3.8, 4) is 0 Å². The summed E-state index contributed by atoms with van der Waals surface area (Å²) in [6.45, 7) is 5.94. The highest BCUT2D eigenvalue weighted by atomic mass is 35.5. The van der Waals surface area contributed by atoms with Crippen LogP contribution in [-0.2, 0) is 14.3 Å². The Bertz CT molecular complexity index is 379. The minimum atomic E-state index is -0.808. The lowest BCUT2D eigenvalue weighted by molar-refractivity contribution is -0.149. The molecule has 0 aromatic rings. The van der Waals surface area contributed by atoms with Crippen LogP contribution in [0.25, 0.3) is 0 Å².